The van der Waals surface area contributed by atoms with Gasteiger partial charge in [-0.1, -0.05) is 26.3 Å². The van der Waals surface area contributed by atoms with Gasteiger partial charge in [0.15, 0.2) is 0 Å². The minimum atomic E-state index is -0.168. The summed E-state index contributed by atoms with van der Waals surface area (Å²) in [6, 6.07) is 5.27. The van der Waals surface area contributed by atoms with E-state index < -0.39 is 0 Å². The zero-order valence-corrected chi connectivity index (χ0v) is 11.0. The molecule has 1 aromatic rings. The van der Waals surface area contributed by atoms with Gasteiger partial charge in [0.25, 0.3) is 0 Å². The van der Waals surface area contributed by atoms with Crippen LogP contribution < -0.4 is 10.6 Å². The third kappa shape index (κ3) is 3.70. The minimum Gasteiger partial charge on any atom is -0.369 e. The smallest absolute Gasteiger partial charge is 0.146 e. The van der Waals surface area contributed by atoms with Crippen LogP contribution in [0, 0.1) is 11.7 Å². The number of nitrogens with two attached hydrogens (primary N) is 1. The first kappa shape index (κ1) is 14.0. The minimum absolute atomic E-state index is 0.168. The molecule has 0 aromatic heterocycles. The fraction of sp³-hybridized carbons (Fsp3) is 0.571. The lowest BCUT2D eigenvalue weighted by Gasteiger charge is -2.26. The van der Waals surface area contributed by atoms with E-state index in [0.717, 1.165) is 25.1 Å². The van der Waals surface area contributed by atoms with Crippen molar-refractivity contribution >= 4 is 5.69 Å². The van der Waals surface area contributed by atoms with E-state index in [4.69, 9.17) is 5.73 Å². The van der Waals surface area contributed by atoms with Crippen LogP contribution in [0.25, 0.3) is 0 Å². The Morgan fingerprint density at radius 1 is 1.35 bits per heavy atom. The van der Waals surface area contributed by atoms with Gasteiger partial charge in [-0.3, -0.25) is 0 Å². The third-order valence-corrected chi connectivity index (χ3v) is 3.20. The Morgan fingerprint density at radius 3 is 2.53 bits per heavy atom. The topological polar surface area (TPSA) is 29.3 Å². The number of hydrogen-bond donors (Lipinski definition) is 1. The molecule has 1 unspecified atom stereocenters. The van der Waals surface area contributed by atoms with E-state index >= 15 is 0 Å². The van der Waals surface area contributed by atoms with Crippen LogP contribution >= 0.6 is 0 Å². The summed E-state index contributed by atoms with van der Waals surface area (Å²) < 4.78 is 13.9. The largest absolute Gasteiger partial charge is 0.369 e. The lowest BCUT2D eigenvalue weighted by Crippen LogP contribution is -2.28. The normalized spacial score (nSPS) is 12.5. The average molecular weight is 238 g/mol. The Bertz CT molecular complexity index is 352. The van der Waals surface area contributed by atoms with E-state index in [1.54, 1.807) is 0 Å². The molecular formula is C14H23FN2. The number of benzene rings is 1. The molecule has 0 radical (unpaired) electrons. The maximum absolute atomic E-state index is 13.9. The third-order valence-electron chi connectivity index (χ3n) is 3.20. The quantitative estimate of drug-likeness (QED) is 0.825. The molecule has 1 aromatic carbocycles. The van der Waals surface area contributed by atoms with Crippen LogP contribution in [0.3, 0.4) is 0 Å². The highest BCUT2D eigenvalue weighted by Gasteiger charge is 2.12. The second-order valence-electron chi connectivity index (χ2n) is 4.54. The van der Waals surface area contributed by atoms with Crippen molar-refractivity contribution < 1.29 is 4.39 Å². The Balaban J connectivity index is 2.88. The second kappa shape index (κ2) is 6.60. The summed E-state index contributed by atoms with van der Waals surface area (Å²) >= 11 is 0. The molecule has 0 aliphatic rings. The summed E-state index contributed by atoms with van der Waals surface area (Å²) in [7, 11) is 0. The van der Waals surface area contributed by atoms with Crippen LogP contribution in [0.1, 0.15) is 32.8 Å². The number of anilines is 1. The van der Waals surface area contributed by atoms with Crippen LogP contribution in [0.15, 0.2) is 18.2 Å². The lowest BCUT2D eigenvalue weighted by atomic mass is 10.1. The summed E-state index contributed by atoms with van der Waals surface area (Å²) in [4.78, 5) is 2.09. The number of hydrogen-bond acceptors (Lipinski definition) is 2. The van der Waals surface area contributed by atoms with Crippen LogP contribution in [0.5, 0.6) is 0 Å². The SMILES string of the molecule is CCC(C)CN(CC)c1ccc(CN)cc1F. The summed E-state index contributed by atoms with van der Waals surface area (Å²) in [5, 5.41) is 0. The monoisotopic (exact) mass is 238 g/mol. The molecule has 0 aliphatic heterocycles. The maximum atomic E-state index is 13.9. The van der Waals surface area contributed by atoms with Gasteiger partial charge in [-0.2, -0.15) is 0 Å². The molecule has 0 aliphatic carbocycles. The van der Waals surface area contributed by atoms with Gasteiger partial charge in [-0.05, 0) is 30.5 Å². The molecule has 3 heteroatoms. The van der Waals surface area contributed by atoms with Gasteiger partial charge in [0, 0.05) is 19.6 Å². The van der Waals surface area contributed by atoms with Crippen molar-refractivity contribution in [2.75, 3.05) is 18.0 Å². The molecule has 0 heterocycles. The van der Waals surface area contributed by atoms with Crippen molar-refractivity contribution in [3.05, 3.63) is 29.6 Å². The van der Waals surface area contributed by atoms with E-state index in [1.165, 1.54) is 6.07 Å². The van der Waals surface area contributed by atoms with Crippen molar-refractivity contribution in [3.63, 3.8) is 0 Å². The lowest BCUT2D eigenvalue weighted by molar-refractivity contribution is 0.537. The highest BCUT2D eigenvalue weighted by atomic mass is 19.1. The van der Waals surface area contributed by atoms with Crippen LogP contribution in [0.4, 0.5) is 10.1 Å². The van der Waals surface area contributed by atoms with E-state index in [2.05, 4.69) is 25.7 Å². The van der Waals surface area contributed by atoms with Crippen LogP contribution in [-0.4, -0.2) is 13.1 Å². The van der Waals surface area contributed by atoms with Crippen molar-refractivity contribution in [1.29, 1.82) is 0 Å². The first-order chi connectivity index (χ1) is 8.12. The summed E-state index contributed by atoms with van der Waals surface area (Å²) in [5.74, 6) is 0.404. The summed E-state index contributed by atoms with van der Waals surface area (Å²) in [6.07, 6.45) is 1.11. The molecule has 2 nitrogen and oxygen atoms in total. The van der Waals surface area contributed by atoms with Gasteiger partial charge in [-0.15, -0.1) is 0 Å². The predicted octanol–water partition coefficient (Wildman–Crippen LogP) is 3.16. The van der Waals surface area contributed by atoms with E-state index in [9.17, 15) is 4.39 Å². The van der Waals surface area contributed by atoms with Crippen LogP contribution in [0.2, 0.25) is 0 Å². The number of rotatable bonds is 6. The molecule has 0 bridgehead atoms. The first-order valence-electron chi connectivity index (χ1n) is 6.35. The standard InChI is InChI=1S/C14H23FN2/c1-4-11(3)10-17(5-2)14-7-6-12(9-16)8-13(14)15/h6-8,11H,4-5,9-10,16H2,1-3H3. The average Bonchev–Trinajstić information content (AvgIpc) is 2.35. The molecule has 96 valence electrons. The molecule has 0 amide bonds. The van der Waals surface area contributed by atoms with Crippen molar-refractivity contribution in [2.24, 2.45) is 11.7 Å². The fourth-order valence-electron chi connectivity index (χ4n) is 1.84. The van der Waals surface area contributed by atoms with Crippen molar-refractivity contribution in [3.8, 4) is 0 Å². The first-order valence-corrected chi connectivity index (χ1v) is 6.35. The van der Waals surface area contributed by atoms with Gasteiger partial charge in [0.2, 0.25) is 0 Å². The second-order valence-corrected chi connectivity index (χ2v) is 4.54. The zero-order valence-electron chi connectivity index (χ0n) is 11.0. The van der Waals surface area contributed by atoms with Gasteiger partial charge in [0.05, 0.1) is 5.69 Å². The molecule has 0 saturated carbocycles. The number of nitrogens with zero attached hydrogens (tertiary/aromatic N) is 1. The molecule has 0 spiro atoms. The highest BCUT2D eigenvalue weighted by Crippen LogP contribution is 2.22. The van der Waals surface area contributed by atoms with Crippen LogP contribution in [-0.2, 0) is 6.54 Å². The molecule has 0 saturated heterocycles. The van der Waals surface area contributed by atoms with Gasteiger partial charge < -0.3 is 10.6 Å². The summed E-state index contributed by atoms with van der Waals surface area (Å²) in [5.41, 5.74) is 7.02. The predicted molar refractivity (Wildman–Crippen MR) is 71.6 cm³/mol. The van der Waals surface area contributed by atoms with E-state index in [-0.39, 0.29) is 5.82 Å². The zero-order chi connectivity index (χ0) is 12.8. The Labute approximate surface area is 104 Å². The van der Waals surface area contributed by atoms with Gasteiger partial charge in [0.1, 0.15) is 5.82 Å². The molecule has 17 heavy (non-hydrogen) atoms. The molecule has 0 fully saturated rings. The maximum Gasteiger partial charge on any atom is 0.146 e. The molecule has 1 atom stereocenters. The summed E-state index contributed by atoms with van der Waals surface area (Å²) in [6.45, 7) is 8.50. The highest BCUT2D eigenvalue weighted by molar-refractivity contribution is 5.49. The van der Waals surface area contributed by atoms with Gasteiger partial charge in [-0.25, -0.2) is 4.39 Å². The van der Waals surface area contributed by atoms with Gasteiger partial charge >= 0.3 is 0 Å². The van der Waals surface area contributed by atoms with Crippen molar-refractivity contribution in [1.82, 2.24) is 0 Å². The fourth-order valence-corrected chi connectivity index (χ4v) is 1.84. The van der Waals surface area contributed by atoms with E-state index in [1.807, 2.05) is 12.1 Å². The Hall–Kier alpha value is -1.09. The van der Waals surface area contributed by atoms with Crippen molar-refractivity contribution in [2.45, 2.75) is 33.7 Å². The number of halogens is 1. The van der Waals surface area contributed by atoms with E-state index in [0.29, 0.717) is 18.2 Å². The molecular weight excluding hydrogens is 215 g/mol. The Kier molecular flexibility index (Phi) is 5.42. The Morgan fingerprint density at radius 2 is 2.06 bits per heavy atom. The molecule has 1 rings (SSSR count). The molecule has 2 N–H and O–H groups in total.